The van der Waals surface area contributed by atoms with E-state index in [0.717, 1.165) is 24.0 Å². The smallest absolute Gasteiger partial charge is 0.230 e. The maximum Gasteiger partial charge on any atom is 0.230 e. The summed E-state index contributed by atoms with van der Waals surface area (Å²) >= 11 is 5.93. The van der Waals surface area contributed by atoms with Crippen molar-refractivity contribution in [2.45, 2.75) is 30.6 Å². The van der Waals surface area contributed by atoms with Crippen LogP contribution in [-0.4, -0.2) is 21.4 Å². The maximum absolute atomic E-state index is 12.8. The Kier molecular flexibility index (Phi) is 5.37. The van der Waals surface area contributed by atoms with Crippen LogP contribution in [0.4, 0.5) is 0 Å². The Bertz CT molecular complexity index is 907. The molecule has 0 atom stereocenters. The lowest BCUT2D eigenvalue weighted by molar-refractivity contribution is -0.123. The summed E-state index contributed by atoms with van der Waals surface area (Å²) in [5.41, 5.74) is 1.95. The number of hydrogen-bond donors (Lipinski definition) is 2. The molecule has 2 aromatic rings. The third-order valence-electron chi connectivity index (χ3n) is 4.80. The molecule has 0 aromatic heterocycles. The Morgan fingerprint density at radius 3 is 2.27 bits per heavy atom. The molecule has 2 aromatic carbocycles. The molecule has 2 N–H and O–H groups in total. The van der Waals surface area contributed by atoms with Gasteiger partial charge in [0, 0.05) is 11.6 Å². The lowest BCUT2D eigenvalue weighted by Crippen LogP contribution is -2.34. The summed E-state index contributed by atoms with van der Waals surface area (Å²) in [6, 6.07) is 14.6. The summed E-state index contributed by atoms with van der Waals surface area (Å²) in [5, 5.41) is 3.62. The molecule has 0 radical (unpaired) electrons. The van der Waals surface area contributed by atoms with Crippen LogP contribution in [0.1, 0.15) is 29.5 Å². The van der Waals surface area contributed by atoms with Crippen LogP contribution in [0, 0.1) is 0 Å². The highest BCUT2D eigenvalue weighted by Crippen LogP contribution is 2.48. The van der Waals surface area contributed by atoms with E-state index in [9.17, 15) is 13.2 Å². The van der Waals surface area contributed by atoms with Crippen molar-refractivity contribution in [2.24, 2.45) is 0 Å². The van der Waals surface area contributed by atoms with E-state index >= 15 is 0 Å². The number of sulfonamides is 1. The molecule has 1 aliphatic carbocycles. The van der Waals surface area contributed by atoms with E-state index in [1.165, 1.54) is 7.05 Å². The third kappa shape index (κ3) is 4.09. The van der Waals surface area contributed by atoms with Crippen LogP contribution in [0.5, 0.6) is 0 Å². The number of rotatable bonds is 7. The van der Waals surface area contributed by atoms with Gasteiger partial charge in [-0.15, -0.1) is 0 Å². The van der Waals surface area contributed by atoms with Gasteiger partial charge in [0.1, 0.15) is 0 Å². The fourth-order valence-corrected chi connectivity index (χ4v) is 3.99. The molecule has 0 unspecified atom stereocenters. The van der Waals surface area contributed by atoms with Crippen molar-refractivity contribution in [1.82, 2.24) is 10.0 Å². The zero-order valence-electron chi connectivity index (χ0n) is 14.5. The third-order valence-corrected chi connectivity index (χ3v) is 6.36. The maximum atomic E-state index is 12.8. The van der Waals surface area contributed by atoms with Gasteiger partial charge in [-0.1, -0.05) is 48.0 Å². The molecule has 1 aliphatic rings. The van der Waals surface area contributed by atoms with Crippen LogP contribution in [0.2, 0.25) is 5.02 Å². The van der Waals surface area contributed by atoms with E-state index in [4.69, 9.17) is 11.6 Å². The van der Waals surface area contributed by atoms with E-state index in [1.54, 1.807) is 24.3 Å². The second-order valence-corrected chi connectivity index (χ2v) is 8.87. The van der Waals surface area contributed by atoms with Crippen molar-refractivity contribution in [1.29, 1.82) is 0 Å². The molecule has 0 bridgehead atoms. The Labute approximate surface area is 158 Å². The Hall–Kier alpha value is -1.89. The summed E-state index contributed by atoms with van der Waals surface area (Å²) in [6.07, 6.45) is 1.60. The minimum atomic E-state index is -3.37. The minimum absolute atomic E-state index is 0.0360. The summed E-state index contributed by atoms with van der Waals surface area (Å²) in [5.74, 6) is -0.149. The van der Waals surface area contributed by atoms with E-state index in [2.05, 4.69) is 10.0 Å². The molecule has 0 aliphatic heterocycles. The number of halogens is 1. The molecule has 0 heterocycles. The van der Waals surface area contributed by atoms with Gasteiger partial charge in [0.05, 0.1) is 11.2 Å². The zero-order chi connectivity index (χ0) is 18.8. The lowest BCUT2D eigenvalue weighted by atomic mass is 9.95. The zero-order valence-corrected chi connectivity index (χ0v) is 16.0. The van der Waals surface area contributed by atoms with Crippen LogP contribution >= 0.6 is 11.6 Å². The Balaban J connectivity index is 1.72. The first-order chi connectivity index (χ1) is 12.4. The first-order valence-electron chi connectivity index (χ1n) is 8.39. The van der Waals surface area contributed by atoms with Gasteiger partial charge in [0.2, 0.25) is 15.9 Å². The van der Waals surface area contributed by atoms with Gasteiger partial charge in [-0.05, 0) is 48.7 Å². The van der Waals surface area contributed by atoms with Gasteiger partial charge in [-0.25, -0.2) is 13.1 Å². The van der Waals surface area contributed by atoms with Gasteiger partial charge in [0.25, 0.3) is 0 Å². The number of nitrogens with one attached hydrogen (secondary N) is 2. The second kappa shape index (κ2) is 7.39. The number of benzene rings is 2. The Morgan fingerprint density at radius 1 is 1.08 bits per heavy atom. The Morgan fingerprint density at radius 2 is 1.69 bits per heavy atom. The molecule has 1 saturated carbocycles. The average molecular weight is 393 g/mol. The first kappa shape index (κ1) is 18.9. The molecule has 3 rings (SSSR count). The highest BCUT2D eigenvalue weighted by Gasteiger charge is 2.51. The van der Waals surface area contributed by atoms with E-state index in [0.29, 0.717) is 17.1 Å². The summed E-state index contributed by atoms with van der Waals surface area (Å²) < 4.78 is 26.0. The molecule has 1 fully saturated rings. The fourth-order valence-electron chi connectivity index (χ4n) is 3.03. The molecular formula is C19H21ClN2O3S. The normalized spacial score (nSPS) is 15.5. The van der Waals surface area contributed by atoms with Crippen molar-refractivity contribution in [3.05, 3.63) is 70.2 Å². The van der Waals surface area contributed by atoms with Crippen molar-refractivity contribution < 1.29 is 13.2 Å². The van der Waals surface area contributed by atoms with E-state index in [1.807, 2.05) is 24.3 Å². The minimum Gasteiger partial charge on any atom is -0.351 e. The molecule has 1 amide bonds. The standard InChI is InChI=1S/C19H21ClN2O3S/c1-21-26(24,25)13-15-5-3-2-4-14(15)12-22-18(23)19(10-11-19)16-6-8-17(20)9-7-16/h2-9,21H,10-13H2,1H3,(H,22,23). The molecule has 138 valence electrons. The highest BCUT2D eigenvalue weighted by atomic mass is 35.5. The van der Waals surface area contributed by atoms with Crippen LogP contribution in [0.3, 0.4) is 0 Å². The predicted octanol–water partition coefficient (Wildman–Crippen LogP) is 2.74. The van der Waals surface area contributed by atoms with Crippen molar-refractivity contribution in [2.75, 3.05) is 7.05 Å². The second-order valence-electron chi connectivity index (χ2n) is 6.50. The number of carbonyl (C=O) groups excluding carboxylic acids is 1. The van der Waals surface area contributed by atoms with Crippen molar-refractivity contribution in [3.8, 4) is 0 Å². The van der Waals surface area contributed by atoms with Crippen molar-refractivity contribution in [3.63, 3.8) is 0 Å². The van der Waals surface area contributed by atoms with Gasteiger partial charge in [-0.2, -0.15) is 0 Å². The largest absolute Gasteiger partial charge is 0.351 e. The van der Waals surface area contributed by atoms with Crippen LogP contribution in [0.15, 0.2) is 48.5 Å². The topological polar surface area (TPSA) is 75.3 Å². The average Bonchev–Trinajstić information content (AvgIpc) is 3.43. The van der Waals surface area contributed by atoms with Gasteiger partial charge in [-0.3, -0.25) is 4.79 Å². The highest BCUT2D eigenvalue weighted by molar-refractivity contribution is 7.88. The molecule has 0 saturated heterocycles. The lowest BCUT2D eigenvalue weighted by Gasteiger charge is -2.17. The quantitative estimate of drug-likeness (QED) is 0.760. The van der Waals surface area contributed by atoms with Gasteiger partial charge < -0.3 is 5.32 Å². The van der Waals surface area contributed by atoms with E-state index in [-0.39, 0.29) is 11.7 Å². The van der Waals surface area contributed by atoms with Crippen LogP contribution in [-0.2, 0) is 32.5 Å². The molecule has 5 nitrogen and oxygen atoms in total. The fraction of sp³-hybridized carbons (Fsp3) is 0.316. The predicted molar refractivity (Wildman–Crippen MR) is 102 cm³/mol. The number of carbonyl (C=O) groups is 1. The summed E-state index contributed by atoms with van der Waals surface area (Å²) in [7, 11) is -1.98. The molecule has 7 heteroatoms. The first-order valence-corrected chi connectivity index (χ1v) is 10.4. The summed E-state index contributed by atoms with van der Waals surface area (Å²) in [4.78, 5) is 12.8. The van der Waals surface area contributed by atoms with Crippen LogP contribution < -0.4 is 10.0 Å². The monoisotopic (exact) mass is 392 g/mol. The molecular weight excluding hydrogens is 372 g/mol. The van der Waals surface area contributed by atoms with Gasteiger partial charge >= 0.3 is 0 Å². The van der Waals surface area contributed by atoms with Gasteiger partial charge in [0.15, 0.2) is 0 Å². The SMILES string of the molecule is CNS(=O)(=O)Cc1ccccc1CNC(=O)C1(c2ccc(Cl)cc2)CC1. The number of hydrogen-bond acceptors (Lipinski definition) is 3. The molecule has 0 spiro atoms. The van der Waals surface area contributed by atoms with Crippen LogP contribution in [0.25, 0.3) is 0 Å². The summed E-state index contributed by atoms with van der Waals surface area (Å²) in [6.45, 7) is 0.295. The number of amides is 1. The molecule has 26 heavy (non-hydrogen) atoms. The van der Waals surface area contributed by atoms with E-state index < -0.39 is 15.4 Å². The van der Waals surface area contributed by atoms with Crippen molar-refractivity contribution >= 4 is 27.5 Å².